The Morgan fingerprint density at radius 3 is 2.76 bits per heavy atom. The van der Waals surface area contributed by atoms with E-state index >= 15 is 0 Å². The maximum absolute atomic E-state index is 5.73. The first-order chi connectivity index (χ1) is 10.3. The van der Waals surface area contributed by atoms with E-state index in [1.807, 2.05) is 24.3 Å². The van der Waals surface area contributed by atoms with Crippen LogP contribution in [0.3, 0.4) is 0 Å². The van der Waals surface area contributed by atoms with Gasteiger partial charge in [-0.15, -0.1) is 6.58 Å². The molecule has 1 aromatic rings. The molecule has 0 saturated heterocycles. The van der Waals surface area contributed by atoms with Crippen molar-refractivity contribution in [3.8, 4) is 0 Å². The summed E-state index contributed by atoms with van der Waals surface area (Å²) in [5.41, 5.74) is 1.20. The lowest BCUT2D eigenvalue weighted by Gasteiger charge is -2.13. The van der Waals surface area contributed by atoms with E-state index in [4.69, 9.17) is 4.74 Å². The van der Waals surface area contributed by atoms with Gasteiger partial charge in [0, 0.05) is 19.6 Å². The lowest BCUT2D eigenvalue weighted by molar-refractivity contribution is 0.0945. The van der Waals surface area contributed by atoms with Crippen LogP contribution in [0.4, 0.5) is 0 Å². The van der Waals surface area contributed by atoms with E-state index in [1.54, 1.807) is 0 Å². The van der Waals surface area contributed by atoms with Gasteiger partial charge in [0.05, 0.1) is 13.2 Å². The molecule has 0 aliphatic heterocycles. The molecule has 0 amide bonds. The average molecular weight is 289 g/mol. The molecule has 0 heterocycles. The second kappa shape index (κ2) is 10.9. The Morgan fingerprint density at radius 2 is 2.10 bits per heavy atom. The van der Waals surface area contributed by atoms with Crippen LogP contribution >= 0.6 is 0 Å². The standard InChI is InChI=1S/C17H27N3O/c1-4-11-19-17(18-5-2)20-12-15(3)13-21-14-16-9-7-6-8-10-16/h4,6-10,15H,1,5,11-14H2,2-3H3,(H2,18,19,20). The molecule has 1 aromatic carbocycles. The Hall–Kier alpha value is -1.81. The van der Waals surface area contributed by atoms with Gasteiger partial charge in [0.15, 0.2) is 5.96 Å². The summed E-state index contributed by atoms with van der Waals surface area (Å²) in [6, 6.07) is 10.2. The zero-order valence-electron chi connectivity index (χ0n) is 13.1. The van der Waals surface area contributed by atoms with Gasteiger partial charge in [0.1, 0.15) is 0 Å². The number of ether oxygens (including phenoxy) is 1. The number of benzene rings is 1. The zero-order valence-corrected chi connectivity index (χ0v) is 13.1. The molecule has 21 heavy (non-hydrogen) atoms. The second-order valence-corrected chi connectivity index (χ2v) is 5.00. The van der Waals surface area contributed by atoms with Gasteiger partial charge in [-0.1, -0.05) is 43.3 Å². The Morgan fingerprint density at radius 1 is 1.33 bits per heavy atom. The van der Waals surface area contributed by atoms with Crippen LogP contribution in [0.5, 0.6) is 0 Å². The highest BCUT2D eigenvalue weighted by molar-refractivity contribution is 5.79. The van der Waals surface area contributed by atoms with Crippen LogP contribution in [0.25, 0.3) is 0 Å². The van der Waals surface area contributed by atoms with Crippen LogP contribution < -0.4 is 10.6 Å². The van der Waals surface area contributed by atoms with Crippen molar-refractivity contribution >= 4 is 5.96 Å². The van der Waals surface area contributed by atoms with E-state index in [0.717, 1.165) is 19.0 Å². The van der Waals surface area contributed by atoms with Gasteiger partial charge in [0.25, 0.3) is 0 Å². The molecule has 1 unspecified atom stereocenters. The lowest BCUT2D eigenvalue weighted by atomic mass is 10.2. The molecule has 0 aromatic heterocycles. The maximum Gasteiger partial charge on any atom is 0.191 e. The molecule has 2 N–H and O–H groups in total. The fourth-order valence-corrected chi connectivity index (χ4v) is 1.76. The predicted molar refractivity (Wildman–Crippen MR) is 89.4 cm³/mol. The number of rotatable bonds is 9. The van der Waals surface area contributed by atoms with Gasteiger partial charge >= 0.3 is 0 Å². The minimum Gasteiger partial charge on any atom is -0.376 e. The first-order valence-corrected chi connectivity index (χ1v) is 7.51. The smallest absolute Gasteiger partial charge is 0.191 e. The van der Waals surface area contributed by atoms with Gasteiger partial charge in [-0.3, -0.25) is 4.99 Å². The van der Waals surface area contributed by atoms with Gasteiger partial charge in [0.2, 0.25) is 0 Å². The Bertz CT molecular complexity index is 417. The molecule has 0 aliphatic carbocycles. The van der Waals surface area contributed by atoms with E-state index in [9.17, 15) is 0 Å². The van der Waals surface area contributed by atoms with Gasteiger partial charge in [-0.05, 0) is 18.4 Å². The molecule has 0 spiro atoms. The highest BCUT2D eigenvalue weighted by Crippen LogP contribution is 2.03. The third kappa shape index (κ3) is 8.15. The van der Waals surface area contributed by atoms with Crippen LogP contribution in [0.1, 0.15) is 19.4 Å². The van der Waals surface area contributed by atoms with Crippen LogP contribution in [0.2, 0.25) is 0 Å². The van der Waals surface area contributed by atoms with Crippen molar-refractivity contribution in [1.82, 2.24) is 10.6 Å². The quantitative estimate of drug-likeness (QED) is 0.417. The van der Waals surface area contributed by atoms with Gasteiger partial charge in [-0.25, -0.2) is 0 Å². The Balaban J connectivity index is 2.27. The van der Waals surface area contributed by atoms with Crippen molar-refractivity contribution in [2.24, 2.45) is 10.9 Å². The van der Waals surface area contributed by atoms with Gasteiger partial charge in [-0.2, -0.15) is 0 Å². The van der Waals surface area contributed by atoms with E-state index in [0.29, 0.717) is 25.7 Å². The van der Waals surface area contributed by atoms with Crippen LogP contribution in [-0.4, -0.2) is 32.2 Å². The molecule has 4 heteroatoms. The third-order valence-electron chi connectivity index (χ3n) is 2.83. The number of aliphatic imine (C=N–C) groups is 1. The number of guanidine groups is 1. The summed E-state index contributed by atoms with van der Waals surface area (Å²) in [6.07, 6.45) is 1.82. The summed E-state index contributed by atoms with van der Waals surface area (Å²) in [4.78, 5) is 4.54. The molecule has 0 fully saturated rings. The molecule has 0 aliphatic rings. The van der Waals surface area contributed by atoms with Crippen molar-refractivity contribution in [2.75, 3.05) is 26.2 Å². The SMILES string of the molecule is C=CCNC(=NCC(C)COCc1ccccc1)NCC. The highest BCUT2D eigenvalue weighted by Gasteiger charge is 2.03. The first kappa shape index (κ1) is 17.2. The summed E-state index contributed by atoms with van der Waals surface area (Å²) in [5, 5.41) is 6.39. The summed E-state index contributed by atoms with van der Waals surface area (Å²) in [6.45, 7) is 11.6. The van der Waals surface area contributed by atoms with E-state index in [1.165, 1.54) is 5.56 Å². The van der Waals surface area contributed by atoms with Crippen LogP contribution in [-0.2, 0) is 11.3 Å². The van der Waals surface area contributed by atoms with Crippen molar-refractivity contribution in [3.05, 3.63) is 48.6 Å². The molecule has 116 valence electrons. The minimum atomic E-state index is 0.382. The maximum atomic E-state index is 5.73. The summed E-state index contributed by atoms with van der Waals surface area (Å²) in [7, 11) is 0. The third-order valence-corrected chi connectivity index (χ3v) is 2.83. The van der Waals surface area contributed by atoms with E-state index < -0.39 is 0 Å². The average Bonchev–Trinajstić information content (AvgIpc) is 2.51. The fourth-order valence-electron chi connectivity index (χ4n) is 1.76. The largest absolute Gasteiger partial charge is 0.376 e. The summed E-state index contributed by atoms with van der Waals surface area (Å²) in [5.74, 6) is 1.21. The lowest BCUT2D eigenvalue weighted by Crippen LogP contribution is -2.37. The molecule has 1 rings (SSSR count). The van der Waals surface area contributed by atoms with Gasteiger partial charge < -0.3 is 15.4 Å². The zero-order chi connectivity index (χ0) is 15.3. The second-order valence-electron chi connectivity index (χ2n) is 5.00. The normalized spacial score (nSPS) is 12.8. The summed E-state index contributed by atoms with van der Waals surface area (Å²) >= 11 is 0. The summed E-state index contributed by atoms with van der Waals surface area (Å²) < 4.78 is 5.73. The number of nitrogens with zero attached hydrogens (tertiary/aromatic N) is 1. The topological polar surface area (TPSA) is 45.7 Å². The van der Waals surface area contributed by atoms with Crippen LogP contribution in [0, 0.1) is 5.92 Å². The monoisotopic (exact) mass is 289 g/mol. The molecule has 0 bridgehead atoms. The first-order valence-electron chi connectivity index (χ1n) is 7.51. The van der Waals surface area contributed by atoms with E-state index in [2.05, 4.69) is 48.2 Å². The molecule has 0 radical (unpaired) electrons. The number of hydrogen-bond donors (Lipinski definition) is 2. The van der Waals surface area contributed by atoms with E-state index in [-0.39, 0.29) is 0 Å². The van der Waals surface area contributed by atoms with Crippen molar-refractivity contribution in [3.63, 3.8) is 0 Å². The van der Waals surface area contributed by atoms with Crippen molar-refractivity contribution in [2.45, 2.75) is 20.5 Å². The Labute approximate surface area is 128 Å². The molecule has 1 atom stereocenters. The molecule has 4 nitrogen and oxygen atoms in total. The Kier molecular flexibility index (Phi) is 8.96. The molecular weight excluding hydrogens is 262 g/mol. The fraction of sp³-hybridized carbons (Fsp3) is 0.471. The molecular formula is C17H27N3O. The molecule has 0 saturated carbocycles. The van der Waals surface area contributed by atoms with Crippen molar-refractivity contribution < 1.29 is 4.74 Å². The predicted octanol–water partition coefficient (Wildman–Crippen LogP) is 2.58. The number of nitrogens with one attached hydrogen (secondary N) is 2. The highest BCUT2D eigenvalue weighted by atomic mass is 16.5. The minimum absolute atomic E-state index is 0.382. The number of hydrogen-bond acceptors (Lipinski definition) is 2. The van der Waals surface area contributed by atoms with Crippen molar-refractivity contribution in [1.29, 1.82) is 0 Å². The van der Waals surface area contributed by atoms with Crippen LogP contribution in [0.15, 0.2) is 48.0 Å².